The van der Waals surface area contributed by atoms with Crippen LogP contribution in [0.1, 0.15) is 46.3 Å². The summed E-state index contributed by atoms with van der Waals surface area (Å²) in [6, 6.07) is 8.71. The standard InChI is InChI=1S/C29H30N4O7/c1-4-32-21-7-5-6-20-26(25(21)31-23(32)16-40-18-10-12-30-13-11-18)33(28(35)24(27(20)34)29(36)37)15-17-8-9-19(38-2)14-22(17)39-3/h8-14,34H,4-7,15-16H2,1-3H3,(H,36,37). The van der Waals surface area contributed by atoms with E-state index < -0.39 is 22.8 Å². The van der Waals surface area contributed by atoms with Gasteiger partial charge in [-0.3, -0.25) is 9.78 Å². The van der Waals surface area contributed by atoms with Gasteiger partial charge in [-0.2, -0.15) is 0 Å². The van der Waals surface area contributed by atoms with Gasteiger partial charge in [-0.15, -0.1) is 0 Å². The zero-order valence-corrected chi connectivity index (χ0v) is 22.5. The highest BCUT2D eigenvalue weighted by molar-refractivity contribution is 5.92. The Morgan fingerprint density at radius 1 is 1.05 bits per heavy atom. The number of aromatic nitrogens is 4. The lowest BCUT2D eigenvalue weighted by atomic mass is 10.0. The summed E-state index contributed by atoms with van der Waals surface area (Å²) in [5.41, 5.74) is 1.35. The molecule has 0 spiro atoms. The third-order valence-electron chi connectivity index (χ3n) is 7.12. The fourth-order valence-corrected chi connectivity index (χ4v) is 5.25. The van der Waals surface area contributed by atoms with Crippen LogP contribution in [0.15, 0.2) is 47.5 Å². The fraction of sp³-hybridized carbons (Fsp3) is 0.310. The van der Waals surface area contributed by atoms with Crippen molar-refractivity contribution in [3.05, 3.63) is 81.3 Å². The highest BCUT2D eigenvalue weighted by Gasteiger charge is 2.32. The normalized spacial score (nSPS) is 12.3. The monoisotopic (exact) mass is 546 g/mol. The van der Waals surface area contributed by atoms with Crippen LogP contribution >= 0.6 is 0 Å². The lowest BCUT2D eigenvalue weighted by molar-refractivity contribution is 0.0690. The van der Waals surface area contributed by atoms with E-state index in [1.165, 1.54) is 11.7 Å². The zero-order valence-electron chi connectivity index (χ0n) is 22.5. The molecular formula is C29H30N4O7. The highest BCUT2D eigenvalue weighted by atomic mass is 16.5. The SMILES string of the molecule is CCn1c(COc2ccncc2)nc2c1CCCc1c(O)c(C(=O)O)c(=O)n(Cc3ccc(OC)cc3OC)c1-2. The van der Waals surface area contributed by atoms with Gasteiger partial charge in [0.05, 0.1) is 26.5 Å². The van der Waals surface area contributed by atoms with Gasteiger partial charge < -0.3 is 33.6 Å². The van der Waals surface area contributed by atoms with Crippen molar-refractivity contribution in [3.8, 4) is 34.4 Å². The fourth-order valence-electron chi connectivity index (χ4n) is 5.25. The minimum atomic E-state index is -1.49. The smallest absolute Gasteiger partial charge is 0.345 e. The number of carboxylic acids is 1. The van der Waals surface area contributed by atoms with Gasteiger partial charge in [0.25, 0.3) is 5.56 Å². The van der Waals surface area contributed by atoms with Crippen LogP contribution in [0.5, 0.6) is 23.0 Å². The predicted octanol–water partition coefficient (Wildman–Crippen LogP) is 3.66. The van der Waals surface area contributed by atoms with Crippen LogP contribution in [0.4, 0.5) is 0 Å². The predicted molar refractivity (Wildman–Crippen MR) is 145 cm³/mol. The molecule has 4 aromatic rings. The third kappa shape index (κ3) is 4.74. The van der Waals surface area contributed by atoms with Crippen molar-refractivity contribution in [3.63, 3.8) is 0 Å². The molecule has 0 unspecified atom stereocenters. The molecule has 0 atom stereocenters. The Morgan fingerprint density at radius 3 is 2.50 bits per heavy atom. The van der Waals surface area contributed by atoms with Crippen molar-refractivity contribution in [1.82, 2.24) is 19.1 Å². The first-order valence-electron chi connectivity index (χ1n) is 12.9. The number of ether oxygens (including phenoxy) is 3. The van der Waals surface area contributed by atoms with Gasteiger partial charge in [0.1, 0.15) is 41.1 Å². The Kier molecular flexibility index (Phi) is 7.45. The second-order valence-corrected chi connectivity index (χ2v) is 9.32. The van der Waals surface area contributed by atoms with Crippen molar-refractivity contribution in [2.24, 2.45) is 0 Å². The quantitative estimate of drug-likeness (QED) is 0.322. The number of aromatic carboxylic acids is 1. The number of benzene rings is 1. The molecule has 11 heteroatoms. The molecule has 0 fully saturated rings. The first-order chi connectivity index (χ1) is 19.4. The van der Waals surface area contributed by atoms with Gasteiger partial charge in [0.15, 0.2) is 5.56 Å². The summed E-state index contributed by atoms with van der Waals surface area (Å²) in [4.78, 5) is 34.8. The first-order valence-corrected chi connectivity index (χ1v) is 12.9. The van der Waals surface area contributed by atoms with Crippen molar-refractivity contribution in [2.45, 2.75) is 45.9 Å². The van der Waals surface area contributed by atoms with E-state index in [0.717, 1.165) is 5.69 Å². The van der Waals surface area contributed by atoms with Gasteiger partial charge in [-0.1, -0.05) is 0 Å². The van der Waals surface area contributed by atoms with E-state index in [1.54, 1.807) is 49.8 Å². The average Bonchev–Trinajstić information content (AvgIpc) is 3.20. The maximum atomic E-state index is 13.7. The van der Waals surface area contributed by atoms with Crippen LogP contribution in [0.25, 0.3) is 11.4 Å². The van der Waals surface area contributed by atoms with E-state index in [0.29, 0.717) is 71.4 Å². The second-order valence-electron chi connectivity index (χ2n) is 9.32. The summed E-state index contributed by atoms with van der Waals surface area (Å²) in [5.74, 6) is 0.342. The lowest BCUT2D eigenvalue weighted by Gasteiger charge is -2.19. The first kappa shape index (κ1) is 26.8. The molecule has 1 aliphatic carbocycles. The summed E-state index contributed by atoms with van der Waals surface area (Å²) in [5, 5.41) is 21.0. The van der Waals surface area contributed by atoms with E-state index in [2.05, 4.69) is 9.55 Å². The van der Waals surface area contributed by atoms with Gasteiger partial charge in [-0.05, 0) is 50.5 Å². The Bertz CT molecular complexity index is 1630. The summed E-state index contributed by atoms with van der Waals surface area (Å²) in [7, 11) is 3.05. The molecule has 5 rings (SSSR count). The number of aromatic hydroxyl groups is 1. The molecule has 0 aliphatic heterocycles. The van der Waals surface area contributed by atoms with E-state index in [-0.39, 0.29) is 13.2 Å². The maximum absolute atomic E-state index is 13.7. The molecule has 0 saturated carbocycles. The molecule has 0 bridgehead atoms. The summed E-state index contributed by atoms with van der Waals surface area (Å²) >= 11 is 0. The highest BCUT2D eigenvalue weighted by Crippen LogP contribution is 2.38. The number of carboxylic acid groups (broad SMARTS) is 1. The number of fused-ring (bicyclic) bond motifs is 3. The molecule has 208 valence electrons. The molecule has 2 N–H and O–H groups in total. The minimum Gasteiger partial charge on any atom is -0.506 e. The molecule has 3 aromatic heterocycles. The van der Waals surface area contributed by atoms with E-state index >= 15 is 0 Å². The molecule has 0 saturated heterocycles. The van der Waals surface area contributed by atoms with Crippen molar-refractivity contribution >= 4 is 5.97 Å². The summed E-state index contributed by atoms with van der Waals surface area (Å²) < 4.78 is 20.2. The number of pyridine rings is 2. The van der Waals surface area contributed by atoms with Gasteiger partial charge >= 0.3 is 5.97 Å². The molecular weight excluding hydrogens is 516 g/mol. The Balaban J connectivity index is 1.71. The molecule has 40 heavy (non-hydrogen) atoms. The minimum absolute atomic E-state index is 0.00380. The molecule has 0 amide bonds. The average molecular weight is 547 g/mol. The van der Waals surface area contributed by atoms with Crippen LogP contribution < -0.4 is 19.8 Å². The van der Waals surface area contributed by atoms with E-state index in [1.807, 2.05) is 6.92 Å². The van der Waals surface area contributed by atoms with Crippen LogP contribution in [-0.2, 0) is 32.5 Å². The second kappa shape index (κ2) is 11.1. The van der Waals surface area contributed by atoms with E-state index in [9.17, 15) is 19.8 Å². The van der Waals surface area contributed by atoms with Gasteiger partial charge in [0, 0.05) is 41.8 Å². The van der Waals surface area contributed by atoms with Crippen LogP contribution in [0, 0.1) is 0 Å². The molecule has 1 aromatic carbocycles. The van der Waals surface area contributed by atoms with E-state index in [4.69, 9.17) is 19.2 Å². The molecule has 1 aliphatic rings. The third-order valence-corrected chi connectivity index (χ3v) is 7.12. The largest absolute Gasteiger partial charge is 0.506 e. The topological polar surface area (TPSA) is 138 Å². The van der Waals surface area contributed by atoms with Gasteiger partial charge in [0.2, 0.25) is 0 Å². The number of nitrogens with zero attached hydrogens (tertiary/aromatic N) is 4. The van der Waals surface area contributed by atoms with Crippen molar-refractivity contribution in [1.29, 1.82) is 0 Å². The number of hydrogen-bond donors (Lipinski definition) is 2. The summed E-state index contributed by atoms with van der Waals surface area (Å²) in [6.45, 7) is 2.79. The zero-order chi connectivity index (χ0) is 28.4. The van der Waals surface area contributed by atoms with Crippen molar-refractivity contribution in [2.75, 3.05) is 14.2 Å². The molecule has 11 nitrogen and oxygen atoms in total. The number of methoxy groups -OCH3 is 2. The number of imidazole rings is 1. The van der Waals surface area contributed by atoms with Crippen LogP contribution in [0.2, 0.25) is 0 Å². The Labute approximate surface area is 230 Å². The number of rotatable bonds is 9. The van der Waals surface area contributed by atoms with Crippen LogP contribution in [0.3, 0.4) is 0 Å². The molecule has 3 heterocycles. The van der Waals surface area contributed by atoms with Gasteiger partial charge in [-0.25, -0.2) is 9.78 Å². The molecule has 0 radical (unpaired) electrons. The number of carbonyl (C=O) groups is 1. The van der Waals surface area contributed by atoms with Crippen molar-refractivity contribution < 1.29 is 29.2 Å². The lowest BCUT2D eigenvalue weighted by Crippen LogP contribution is -2.30. The Hall–Kier alpha value is -4.80. The summed E-state index contributed by atoms with van der Waals surface area (Å²) in [6.07, 6.45) is 4.92. The Morgan fingerprint density at radius 2 is 1.82 bits per heavy atom. The maximum Gasteiger partial charge on any atom is 0.345 e. The van der Waals surface area contributed by atoms with Crippen LogP contribution in [-0.4, -0.2) is 49.5 Å². The number of hydrogen-bond acceptors (Lipinski definition) is 8.